The zero-order valence-electron chi connectivity index (χ0n) is 13.1. The van der Waals surface area contributed by atoms with E-state index in [2.05, 4.69) is 54.5 Å². The maximum atomic E-state index is 4.92. The third-order valence-electron chi connectivity index (χ3n) is 4.10. The first kappa shape index (κ1) is 14.3. The highest BCUT2D eigenvalue weighted by Crippen LogP contribution is 2.32. The van der Waals surface area contributed by atoms with Crippen molar-refractivity contribution in [1.82, 2.24) is 10.3 Å². The molecule has 1 aliphatic carbocycles. The molecule has 112 valence electrons. The van der Waals surface area contributed by atoms with Crippen LogP contribution in [0.2, 0.25) is 0 Å². The second kappa shape index (κ2) is 6.44. The van der Waals surface area contributed by atoms with Crippen molar-refractivity contribution >= 4 is 16.6 Å². The summed E-state index contributed by atoms with van der Waals surface area (Å²) in [7, 11) is 2.18. The SMILES string of the molecule is CCCNCc1cc2ccccc2c(N(C)CC2CC2)n1. The minimum atomic E-state index is 0.850. The van der Waals surface area contributed by atoms with Gasteiger partial charge in [0.1, 0.15) is 5.82 Å². The van der Waals surface area contributed by atoms with Crippen LogP contribution in [0.5, 0.6) is 0 Å². The van der Waals surface area contributed by atoms with Gasteiger partial charge in [0.25, 0.3) is 0 Å². The Kier molecular flexibility index (Phi) is 4.39. The summed E-state index contributed by atoms with van der Waals surface area (Å²) in [4.78, 5) is 7.25. The van der Waals surface area contributed by atoms with Gasteiger partial charge in [-0.15, -0.1) is 0 Å². The molecule has 1 saturated carbocycles. The number of anilines is 1. The van der Waals surface area contributed by atoms with Crippen LogP contribution in [0.1, 0.15) is 31.9 Å². The van der Waals surface area contributed by atoms with Gasteiger partial charge in [-0.2, -0.15) is 0 Å². The Labute approximate surface area is 127 Å². The molecule has 1 aromatic heterocycles. The van der Waals surface area contributed by atoms with Gasteiger partial charge >= 0.3 is 0 Å². The topological polar surface area (TPSA) is 28.2 Å². The van der Waals surface area contributed by atoms with Crippen molar-refractivity contribution in [2.24, 2.45) is 5.92 Å². The van der Waals surface area contributed by atoms with Crippen molar-refractivity contribution in [2.45, 2.75) is 32.7 Å². The molecule has 0 atom stereocenters. The lowest BCUT2D eigenvalue weighted by Gasteiger charge is -2.21. The molecule has 21 heavy (non-hydrogen) atoms. The number of hydrogen-bond acceptors (Lipinski definition) is 3. The summed E-state index contributed by atoms with van der Waals surface area (Å²) in [5, 5.41) is 6.01. The number of benzene rings is 1. The Morgan fingerprint density at radius 1 is 1.29 bits per heavy atom. The second-order valence-electron chi connectivity index (χ2n) is 6.16. The molecule has 0 bridgehead atoms. The summed E-state index contributed by atoms with van der Waals surface area (Å²) < 4.78 is 0. The van der Waals surface area contributed by atoms with Gasteiger partial charge in [-0.25, -0.2) is 4.98 Å². The van der Waals surface area contributed by atoms with Crippen LogP contribution in [-0.2, 0) is 6.54 Å². The molecule has 3 heteroatoms. The molecule has 0 radical (unpaired) electrons. The number of hydrogen-bond donors (Lipinski definition) is 1. The normalized spacial score (nSPS) is 14.6. The van der Waals surface area contributed by atoms with E-state index in [9.17, 15) is 0 Å². The van der Waals surface area contributed by atoms with Gasteiger partial charge < -0.3 is 10.2 Å². The average molecular weight is 283 g/mol. The number of fused-ring (bicyclic) bond motifs is 1. The predicted octanol–water partition coefficient (Wildman–Crippen LogP) is 3.58. The summed E-state index contributed by atoms with van der Waals surface area (Å²) in [6.07, 6.45) is 3.90. The monoisotopic (exact) mass is 283 g/mol. The molecular weight excluding hydrogens is 258 g/mol. The molecule has 2 aromatic rings. The van der Waals surface area contributed by atoms with Crippen LogP contribution >= 0.6 is 0 Å². The average Bonchev–Trinajstić information content (AvgIpc) is 3.30. The first-order valence-corrected chi connectivity index (χ1v) is 8.08. The Balaban J connectivity index is 1.90. The van der Waals surface area contributed by atoms with Crippen molar-refractivity contribution < 1.29 is 0 Å². The Bertz CT molecular complexity index is 604. The van der Waals surface area contributed by atoms with E-state index in [-0.39, 0.29) is 0 Å². The van der Waals surface area contributed by atoms with Crippen LogP contribution in [0.15, 0.2) is 30.3 Å². The van der Waals surface area contributed by atoms with Crippen LogP contribution in [0.4, 0.5) is 5.82 Å². The number of aromatic nitrogens is 1. The number of rotatable bonds is 7. The molecule has 3 rings (SSSR count). The highest BCUT2D eigenvalue weighted by molar-refractivity contribution is 5.92. The molecule has 3 nitrogen and oxygen atoms in total. The molecule has 0 amide bonds. The fourth-order valence-electron chi connectivity index (χ4n) is 2.78. The number of pyridine rings is 1. The van der Waals surface area contributed by atoms with Gasteiger partial charge in [0.15, 0.2) is 0 Å². The molecule has 1 aliphatic rings. The van der Waals surface area contributed by atoms with E-state index in [4.69, 9.17) is 4.98 Å². The zero-order chi connectivity index (χ0) is 14.7. The van der Waals surface area contributed by atoms with Crippen molar-refractivity contribution in [3.05, 3.63) is 36.0 Å². The van der Waals surface area contributed by atoms with E-state index in [1.807, 2.05) is 0 Å². The van der Waals surface area contributed by atoms with Gasteiger partial charge in [-0.05, 0) is 43.2 Å². The molecule has 1 heterocycles. The molecule has 1 N–H and O–H groups in total. The van der Waals surface area contributed by atoms with E-state index in [1.54, 1.807) is 0 Å². The van der Waals surface area contributed by atoms with Crippen LogP contribution in [-0.4, -0.2) is 25.1 Å². The third-order valence-corrected chi connectivity index (χ3v) is 4.10. The highest BCUT2D eigenvalue weighted by atomic mass is 15.2. The maximum absolute atomic E-state index is 4.92. The molecule has 0 spiro atoms. The smallest absolute Gasteiger partial charge is 0.136 e. The highest BCUT2D eigenvalue weighted by Gasteiger charge is 2.24. The van der Waals surface area contributed by atoms with E-state index < -0.39 is 0 Å². The standard InChI is InChI=1S/C18H25N3/c1-3-10-19-12-16-11-15-6-4-5-7-17(15)18(20-16)21(2)13-14-8-9-14/h4-7,11,14,19H,3,8-10,12-13H2,1-2H3. The molecule has 0 saturated heterocycles. The maximum Gasteiger partial charge on any atom is 0.136 e. The van der Waals surface area contributed by atoms with Gasteiger partial charge in [0.2, 0.25) is 0 Å². The molecular formula is C18H25N3. The van der Waals surface area contributed by atoms with Gasteiger partial charge in [-0.3, -0.25) is 0 Å². The van der Waals surface area contributed by atoms with Crippen molar-refractivity contribution in [2.75, 3.05) is 25.0 Å². The van der Waals surface area contributed by atoms with Crippen LogP contribution in [0.25, 0.3) is 10.8 Å². The fraction of sp³-hybridized carbons (Fsp3) is 0.500. The minimum absolute atomic E-state index is 0.850. The first-order valence-electron chi connectivity index (χ1n) is 8.08. The van der Waals surface area contributed by atoms with E-state index in [0.29, 0.717) is 0 Å². The minimum Gasteiger partial charge on any atom is -0.359 e. The Hall–Kier alpha value is -1.61. The van der Waals surface area contributed by atoms with Gasteiger partial charge in [0, 0.05) is 25.5 Å². The molecule has 0 aliphatic heterocycles. The molecule has 1 aromatic carbocycles. The van der Waals surface area contributed by atoms with Crippen molar-refractivity contribution in [1.29, 1.82) is 0 Å². The van der Waals surface area contributed by atoms with Gasteiger partial charge in [0.05, 0.1) is 5.69 Å². The fourth-order valence-corrected chi connectivity index (χ4v) is 2.78. The lowest BCUT2D eigenvalue weighted by molar-refractivity contribution is 0.663. The summed E-state index contributed by atoms with van der Waals surface area (Å²) in [5.41, 5.74) is 1.14. The summed E-state index contributed by atoms with van der Waals surface area (Å²) in [5.74, 6) is 2.01. The summed E-state index contributed by atoms with van der Waals surface area (Å²) in [6, 6.07) is 10.8. The van der Waals surface area contributed by atoms with E-state index in [0.717, 1.165) is 43.5 Å². The molecule has 0 unspecified atom stereocenters. The van der Waals surface area contributed by atoms with E-state index >= 15 is 0 Å². The lowest BCUT2D eigenvalue weighted by atomic mass is 10.1. The van der Waals surface area contributed by atoms with Crippen LogP contribution < -0.4 is 10.2 Å². The predicted molar refractivity (Wildman–Crippen MR) is 89.7 cm³/mol. The zero-order valence-corrected chi connectivity index (χ0v) is 13.1. The van der Waals surface area contributed by atoms with Crippen LogP contribution in [0.3, 0.4) is 0 Å². The summed E-state index contributed by atoms with van der Waals surface area (Å²) in [6.45, 7) is 5.21. The lowest BCUT2D eigenvalue weighted by Crippen LogP contribution is -2.22. The van der Waals surface area contributed by atoms with Crippen LogP contribution in [0, 0.1) is 5.92 Å². The quantitative estimate of drug-likeness (QED) is 0.787. The Morgan fingerprint density at radius 2 is 2.10 bits per heavy atom. The second-order valence-corrected chi connectivity index (χ2v) is 6.16. The summed E-state index contributed by atoms with van der Waals surface area (Å²) >= 11 is 0. The van der Waals surface area contributed by atoms with Crippen molar-refractivity contribution in [3.8, 4) is 0 Å². The first-order chi connectivity index (χ1) is 10.3. The van der Waals surface area contributed by atoms with E-state index in [1.165, 1.54) is 23.6 Å². The third kappa shape index (κ3) is 3.53. The van der Waals surface area contributed by atoms with Crippen molar-refractivity contribution in [3.63, 3.8) is 0 Å². The molecule has 1 fully saturated rings. The number of nitrogens with one attached hydrogen (secondary N) is 1. The van der Waals surface area contributed by atoms with Gasteiger partial charge in [-0.1, -0.05) is 31.2 Å². The number of nitrogens with zero attached hydrogens (tertiary/aromatic N) is 2. The largest absolute Gasteiger partial charge is 0.359 e. The Morgan fingerprint density at radius 3 is 2.86 bits per heavy atom.